The fraction of sp³-hybridized carbons (Fsp3) is 0.462. The second-order valence-corrected chi connectivity index (χ2v) is 4.49. The second-order valence-electron chi connectivity index (χ2n) is 4.49. The number of rotatable bonds is 3. The third-order valence-electron chi connectivity index (χ3n) is 3.28. The smallest absolute Gasteiger partial charge is 0.196 e. The van der Waals surface area contributed by atoms with E-state index in [1.54, 1.807) is 0 Å². The molecule has 0 heterocycles. The topological polar surface area (TPSA) is 41.6 Å². The van der Waals surface area contributed by atoms with Crippen molar-refractivity contribution >= 4 is 11.6 Å². The molecule has 3 heteroatoms. The molecule has 2 N–H and O–H groups in total. The molecule has 2 rings (SSSR count). The summed E-state index contributed by atoms with van der Waals surface area (Å²) in [6.07, 6.45) is 2.65. The fourth-order valence-corrected chi connectivity index (χ4v) is 1.82. The van der Waals surface area contributed by atoms with Crippen LogP contribution in [-0.4, -0.2) is 23.9 Å². The predicted molar refractivity (Wildman–Crippen MR) is 67.7 cm³/mol. The molecule has 3 nitrogen and oxygen atoms in total. The van der Waals surface area contributed by atoms with Gasteiger partial charge in [0, 0.05) is 13.1 Å². The van der Waals surface area contributed by atoms with Crippen LogP contribution >= 0.6 is 0 Å². The van der Waals surface area contributed by atoms with Gasteiger partial charge >= 0.3 is 0 Å². The molecule has 1 saturated carbocycles. The highest BCUT2D eigenvalue weighted by atomic mass is 15.3. The predicted octanol–water partition coefficient (Wildman–Crippen LogP) is 2.36. The Balaban J connectivity index is 2.05. The SMILES string of the molecule is CC(C1CC1)N(C)C(N)=Nc1ccccc1. The zero-order chi connectivity index (χ0) is 11.5. The number of nitrogens with two attached hydrogens (primary N) is 1. The average Bonchev–Trinajstić information content (AvgIpc) is 3.12. The van der Waals surface area contributed by atoms with E-state index < -0.39 is 0 Å². The molecule has 0 saturated heterocycles. The van der Waals surface area contributed by atoms with E-state index in [-0.39, 0.29) is 0 Å². The number of nitrogens with zero attached hydrogens (tertiary/aromatic N) is 2. The van der Waals surface area contributed by atoms with Crippen LogP contribution in [0.15, 0.2) is 35.3 Å². The van der Waals surface area contributed by atoms with Gasteiger partial charge in [0.25, 0.3) is 0 Å². The number of para-hydroxylation sites is 1. The third-order valence-corrected chi connectivity index (χ3v) is 3.28. The van der Waals surface area contributed by atoms with Crippen LogP contribution in [0, 0.1) is 5.92 Å². The van der Waals surface area contributed by atoms with Crippen molar-refractivity contribution in [1.29, 1.82) is 0 Å². The lowest BCUT2D eigenvalue weighted by Crippen LogP contribution is -2.41. The molecule has 1 fully saturated rings. The Bertz CT molecular complexity index is 368. The van der Waals surface area contributed by atoms with Gasteiger partial charge in [-0.05, 0) is 37.8 Å². The Hall–Kier alpha value is -1.51. The lowest BCUT2D eigenvalue weighted by atomic mass is 10.2. The van der Waals surface area contributed by atoms with Gasteiger partial charge in [0.15, 0.2) is 5.96 Å². The Morgan fingerprint density at radius 1 is 1.38 bits per heavy atom. The quantitative estimate of drug-likeness (QED) is 0.624. The maximum absolute atomic E-state index is 5.99. The first kappa shape index (κ1) is 11.0. The molecule has 0 radical (unpaired) electrons. The van der Waals surface area contributed by atoms with Crippen LogP contribution in [0.1, 0.15) is 19.8 Å². The summed E-state index contributed by atoms with van der Waals surface area (Å²) in [6, 6.07) is 10.3. The van der Waals surface area contributed by atoms with E-state index in [1.165, 1.54) is 12.8 Å². The van der Waals surface area contributed by atoms with Crippen molar-refractivity contribution in [2.45, 2.75) is 25.8 Å². The van der Waals surface area contributed by atoms with Crippen LogP contribution < -0.4 is 5.73 Å². The Morgan fingerprint density at radius 2 is 2.00 bits per heavy atom. The Morgan fingerprint density at radius 3 is 2.56 bits per heavy atom. The summed E-state index contributed by atoms with van der Waals surface area (Å²) < 4.78 is 0. The van der Waals surface area contributed by atoms with Crippen molar-refractivity contribution in [3.8, 4) is 0 Å². The van der Waals surface area contributed by atoms with Crippen LogP contribution in [0.5, 0.6) is 0 Å². The summed E-state index contributed by atoms with van der Waals surface area (Å²) in [5, 5.41) is 0. The van der Waals surface area contributed by atoms with E-state index in [4.69, 9.17) is 5.73 Å². The van der Waals surface area contributed by atoms with Crippen molar-refractivity contribution in [2.75, 3.05) is 7.05 Å². The first-order valence-corrected chi connectivity index (χ1v) is 5.80. The summed E-state index contributed by atoms with van der Waals surface area (Å²) in [7, 11) is 2.02. The maximum Gasteiger partial charge on any atom is 0.196 e. The van der Waals surface area contributed by atoms with E-state index in [2.05, 4.69) is 16.8 Å². The first-order valence-electron chi connectivity index (χ1n) is 5.80. The van der Waals surface area contributed by atoms with Gasteiger partial charge in [0.2, 0.25) is 0 Å². The molecule has 0 aromatic heterocycles. The van der Waals surface area contributed by atoms with E-state index in [0.29, 0.717) is 12.0 Å². The van der Waals surface area contributed by atoms with E-state index >= 15 is 0 Å². The van der Waals surface area contributed by atoms with Gasteiger partial charge in [-0.15, -0.1) is 0 Å². The van der Waals surface area contributed by atoms with Crippen molar-refractivity contribution in [3.63, 3.8) is 0 Å². The van der Waals surface area contributed by atoms with E-state index in [9.17, 15) is 0 Å². The molecular weight excluding hydrogens is 198 g/mol. The number of benzene rings is 1. The monoisotopic (exact) mass is 217 g/mol. The summed E-state index contributed by atoms with van der Waals surface area (Å²) in [6.45, 7) is 2.21. The van der Waals surface area contributed by atoms with Crippen LogP contribution in [-0.2, 0) is 0 Å². The standard InChI is InChI=1S/C13H19N3/c1-10(11-8-9-11)16(2)13(14)15-12-6-4-3-5-7-12/h3-7,10-11H,8-9H2,1-2H3,(H2,14,15). The molecule has 1 aromatic rings. The number of aliphatic imine (C=N–C) groups is 1. The first-order chi connectivity index (χ1) is 7.68. The molecule has 1 atom stereocenters. The van der Waals surface area contributed by atoms with E-state index in [1.807, 2.05) is 37.4 Å². The molecule has 86 valence electrons. The minimum Gasteiger partial charge on any atom is -0.369 e. The van der Waals surface area contributed by atoms with Gasteiger partial charge in [0.05, 0.1) is 5.69 Å². The normalized spacial score (nSPS) is 18.2. The van der Waals surface area contributed by atoms with Crippen molar-refractivity contribution in [1.82, 2.24) is 4.90 Å². The van der Waals surface area contributed by atoms with Gasteiger partial charge in [0.1, 0.15) is 0 Å². The zero-order valence-corrected chi connectivity index (χ0v) is 9.93. The molecule has 1 aliphatic carbocycles. The third kappa shape index (κ3) is 2.54. The van der Waals surface area contributed by atoms with Gasteiger partial charge in [-0.2, -0.15) is 0 Å². The fourth-order valence-electron chi connectivity index (χ4n) is 1.82. The summed E-state index contributed by atoms with van der Waals surface area (Å²) in [5.41, 5.74) is 6.90. The highest BCUT2D eigenvalue weighted by Crippen LogP contribution is 2.34. The lowest BCUT2D eigenvalue weighted by Gasteiger charge is -2.25. The highest BCUT2D eigenvalue weighted by molar-refractivity contribution is 5.81. The number of guanidine groups is 1. The number of hydrogen-bond donors (Lipinski definition) is 1. The molecule has 1 aromatic carbocycles. The molecule has 0 aliphatic heterocycles. The van der Waals surface area contributed by atoms with Gasteiger partial charge < -0.3 is 10.6 Å². The summed E-state index contributed by atoms with van der Waals surface area (Å²) >= 11 is 0. The molecule has 1 aliphatic rings. The molecular formula is C13H19N3. The Labute approximate surface area is 97.0 Å². The van der Waals surface area contributed by atoms with Gasteiger partial charge in [-0.25, -0.2) is 4.99 Å². The van der Waals surface area contributed by atoms with Gasteiger partial charge in [-0.3, -0.25) is 0 Å². The minimum atomic E-state index is 0.493. The van der Waals surface area contributed by atoms with E-state index in [0.717, 1.165) is 11.6 Å². The van der Waals surface area contributed by atoms with Crippen molar-refractivity contribution in [3.05, 3.63) is 30.3 Å². The van der Waals surface area contributed by atoms with Crippen LogP contribution in [0.3, 0.4) is 0 Å². The average molecular weight is 217 g/mol. The summed E-state index contributed by atoms with van der Waals surface area (Å²) in [4.78, 5) is 6.48. The molecule has 1 unspecified atom stereocenters. The minimum absolute atomic E-state index is 0.493. The largest absolute Gasteiger partial charge is 0.369 e. The van der Waals surface area contributed by atoms with Crippen LogP contribution in [0.25, 0.3) is 0 Å². The molecule has 0 spiro atoms. The maximum atomic E-state index is 5.99. The van der Waals surface area contributed by atoms with Gasteiger partial charge in [-0.1, -0.05) is 18.2 Å². The molecule has 0 amide bonds. The second kappa shape index (κ2) is 4.56. The molecule has 16 heavy (non-hydrogen) atoms. The number of hydrogen-bond acceptors (Lipinski definition) is 1. The van der Waals surface area contributed by atoms with Crippen LogP contribution in [0.2, 0.25) is 0 Å². The van der Waals surface area contributed by atoms with Crippen molar-refractivity contribution < 1.29 is 0 Å². The summed E-state index contributed by atoms with van der Waals surface area (Å²) in [5.74, 6) is 1.40. The lowest BCUT2D eigenvalue weighted by molar-refractivity contribution is 0.350. The highest BCUT2D eigenvalue weighted by Gasteiger charge is 2.31. The zero-order valence-electron chi connectivity index (χ0n) is 9.93. The van der Waals surface area contributed by atoms with Crippen LogP contribution in [0.4, 0.5) is 5.69 Å². The Kier molecular flexibility index (Phi) is 3.13. The molecule has 0 bridgehead atoms. The van der Waals surface area contributed by atoms with Crippen molar-refractivity contribution in [2.24, 2.45) is 16.6 Å².